The lowest BCUT2D eigenvalue weighted by atomic mass is 9.73. The van der Waals surface area contributed by atoms with E-state index in [4.69, 9.17) is 0 Å². The van der Waals surface area contributed by atoms with Crippen LogP contribution in [-0.4, -0.2) is 52.3 Å². The van der Waals surface area contributed by atoms with E-state index in [0.29, 0.717) is 44.5 Å². The molecule has 0 radical (unpaired) electrons. The summed E-state index contributed by atoms with van der Waals surface area (Å²) in [6.07, 6.45) is 5.30. The third-order valence-corrected chi connectivity index (χ3v) is 10.0. The van der Waals surface area contributed by atoms with Gasteiger partial charge in [0, 0.05) is 48.4 Å². The molecule has 2 aromatic rings. The van der Waals surface area contributed by atoms with E-state index in [1.54, 1.807) is 29.8 Å². The molecule has 0 spiro atoms. The molecule has 4 heterocycles. The monoisotopic (exact) mass is 494 g/mol. The van der Waals surface area contributed by atoms with Crippen molar-refractivity contribution >= 4 is 29.2 Å². The number of imide groups is 1. The van der Waals surface area contributed by atoms with Crippen molar-refractivity contribution in [2.45, 2.75) is 52.5 Å². The number of rotatable bonds is 6. The predicted octanol–water partition coefficient (Wildman–Crippen LogP) is 4.05. The molecule has 1 saturated carbocycles. The Kier molecular flexibility index (Phi) is 5.78. The second-order valence-electron chi connectivity index (χ2n) is 11.2. The largest absolute Gasteiger partial charge is 0.342 e. The fourth-order valence-corrected chi connectivity index (χ4v) is 7.01. The molecule has 3 fully saturated rings. The Bertz CT molecular complexity index is 1110. The number of piperidine rings is 1. The number of hydrogen-bond donors (Lipinski definition) is 1. The lowest BCUT2D eigenvalue weighted by Gasteiger charge is -2.41. The molecular formula is C27H34N4O3S. The number of amides is 4. The van der Waals surface area contributed by atoms with Crippen molar-refractivity contribution in [1.29, 1.82) is 0 Å². The number of thiophene rings is 1. The number of carbonyl (C=O) groups excluding carboxylic acids is 3. The topological polar surface area (TPSA) is 82.6 Å². The normalized spacial score (nSPS) is 26.2. The van der Waals surface area contributed by atoms with Crippen LogP contribution in [0.2, 0.25) is 0 Å². The minimum absolute atomic E-state index is 0.00365. The highest BCUT2D eigenvalue weighted by molar-refractivity contribution is 7.09. The van der Waals surface area contributed by atoms with Crippen molar-refractivity contribution in [2.24, 2.45) is 22.7 Å². The maximum absolute atomic E-state index is 13.9. The van der Waals surface area contributed by atoms with Crippen molar-refractivity contribution in [3.8, 4) is 0 Å². The fourth-order valence-electron chi connectivity index (χ4n) is 6.31. The highest BCUT2D eigenvalue weighted by Gasteiger charge is 2.69. The molecule has 7 nitrogen and oxygen atoms in total. The van der Waals surface area contributed by atoms with Gasteiger partial charge in [0.05, 0.1) is 0 Å². The lowest BCUT2D eigenvalue weighted by molar-refractivity contribution is -0.137. The maximum atomic E-state index is 13.9. The van der Waals surface area contributed by atoms with Gasteiger partial charge >= 0.3 is 6.03 Å². The van der Waals surface area contributed by atoms with Crippen molar-refractivity contribution < 1.29 is 14.4 Å². The molecule has 1 unspecified atom stereocenters. The number of nitrogens with zero attached hydrogens (tertiary/aromatic N) is 3. The van der Waals surface area contributed by atoms with E-state index < -0.39 is 5.54 Å². The summed E-state index contributed by atoms with van der Waals surface area (Å²) >= 11 is 1.63. The van der Waals surface area contributed by atoms with Crippen LogP contribution in [0.3, 0.4) is 0 Å². The Labute approximate surface area is 210 Å². The number of carbonyl (C=O) groups is 3. The molecule has 1 aliphatic carbocycles. The van der Waals surface area contributed by atoms with Crippen LogP contribution in [0, 0.1) is 22.7 Å². The van der Waals surface area contributed by atoms with Crippen molar-refractivity contribution in [1.82, 2.24) is 20.1 Å². The van der Waals surface area contributed by atoms with Gasteiger partial charge in [-0.3, -0.25) is 19.5 Å². The first-order chi connectivity index (χ1) is 16.6. The van der Waals surface area contributed by atoms with Gasteiger partial charge in [-0.15, -0.1) is 11.3 Å². The first-order valence-corrected chi connectivity index (χ1v) is 13.3. The molecule has 186 valence electrons. The van der Waals surface area contributed by atoms with E-state index >= 15 is 0 Å². The minimum Gasteiger partial charge on any atom is -0.342 e. The van der Waals surface area contributed by atoms with Gasteiger partial charge in [0.1, 0.15) is 0 Å². The number of hydrogen-bond acceptors (Lipinski definition) is 5. The molecule has 0 aromatic carbocycles. The molecule has 4 amide bonds. The SMILES string of the molecule is CC1(C)C(C(=O)N2CCC(C3(c4cccnc4)NC(=O)N(CCc4cccs4)C3=O)CC2)C1(C)C. The average Bonchev–Trinajstić information content (AvgIpc) is 3.25. The van der Waals surface area contributed by atoms with E-state index in [9.17, 15) is 14.4 Å². The van der Waals surface area contributed by atoms with Crippen LogP contribution in [0.4, 0.5) is 4.79 Å². The summed E-state index contributed by atoms with van der Waals surface area (Å²) in [5.41, 5.74) is -0.438. The van der Waals surface area contributed by atoms with Gasteiger partial charge in [0.2, 0.25) is 5.91 Å². The second-order valence-corrected chi connectivity index (χ2v) is 12.3. The molecule has 2 saturated heterocycles. The Hall–Kier alpha value is -2.74. The van der Waals surface area contributed by atoms with Gasteiger partial charge in [0.25, 0.3) is 5.91 Å². The van der Waals surface area contributed by atoms with E-state index in [0.717, 1.165) is 4.88 Å². The molecule has 1 atom stereocenters. The summed E-state index contributed by atoms with van der Waals surface area (Å²) in [5, 5.41) is 5.09. The minimum atomic E-state index is -1.14. The van der Waals surface area contributed by atoms with Crippen molar-refractivity contribution in [3.05, 3.63) is 52.5 Å². The van der Waals surface area contributed by atoms with Crippen molar-refractivity contribution in [3.63, 3.8) is 0 Å². The molecule has 3 aliphatic rings. The molecule has 35 heavy (non-hydrogen) atoms. The van der Waals surface area contributed by atoms with Gasteiger partial charge < -0.3 is 10.2 Å². The van der Waals surface area contributed by atoms with Crippen LogP contribution in [-0.2, 0) is 21.5 Å². The van der Waals surface area contributed by atoms with Gasteiger partial charge in [-0.05, 0) is 53.5 Å². The fraction of sp³-hybridized carbons (Fsp3) is 0.556. The van der Waals surface area contributed by atoms with E-state index in [1.165, 1.54) is 4.90 Å². The molecule has 5 rings (SSSR count). The van der Waals surface area contributed by atoms with Crippen molar-refractivity contribution in [2.75, 3.05) is 19.6 Å². The van der Waals surface area contributed by atoms with Gasteiger partial charge in [-0.25, -0.2) is 4.79 Å². The molecule has 8 heteroatoms. The molecule has 2 aromatic heterocycles. The maximum Gasteiger partial charge on any atom is 0.325 e. The average molecular weight is 495 g/mol. The highest BCUT2D eigenvalue weighted by Crippen LogP contribution is 2.68. The molecule has 1 N–H and O–H groups in total. The van der Waals surface area contributed by atoms with E-state index in [1.807, 2.05) is 28.5 Å². The van der Waals surface area contributed by atoms with Crippen LogP contribution in [0.5, 0.6) is 0 Å². The third kappa shape index (κ3) is 3.68. The van der Waals surface area contributed by atoms with Crippen LogP contribution in [0.25, 0.3) is 0 Å². The summed E-state index contributed by atoms with van der Waals surface area (Å²) in [6, 6.07) is 7.33. The number of nitrogens with one attached hydrogen (secondary N) is 1. The molecule has 0 bridgehead atoms. The Morgan fingerprint density at radius 3 is 2.40 bits per heavy atom. The number of urea groups is 1. The first-order valence-electron chi connectivity index (χ1n) is 12.5. The molecular weight excluding hydrogens is 460 g/mol. The number of pyridine rings is 1. The predicted molar refractivity (Wildman–Crippen MR) is 135 cm³/mol. The van der Waals surface area contributed by atoms with Gasteiger partial charge in [0.15, 0.2) is 5.54 Å². The Morgan fingerprint density at radius 2 is 1.83 bits per heavy atom. The standard InChI is InChI=1S/C27H34N4O3S/c1-25(2)21(26(25,3)4)22(32)30-13-9-18(10-14-30)27(19-7-5-12-28-17-19)23(33)31(24(34)29-27)15-11-20-8-6-16-35-20/h5-8,12,16-18,21H,9-11,13-15H2,1-4H3,(H,29,34). The zero-order valence-electron chi connectivity index (χ0n) is 20.9. The first kappa shape index (κ1) is 24.0. The van der Waals surface area contributed by atoms with Gasteiger partial charge in [-0.2, -0.15) is 0 Å². The third-order valence-electron chi connectivity index (χ3n) is 9.10. The zero-order valence-corrected chi connectivity index (χ0v) is 21.7. The quantitative estimate of drug-likeness (QED) is 0.614. The van der Waals surface area contributed by atoms with Crippen LogP contribution in [0.15, 0.2) is 42.0 Å². The number of aromatic nitrogens is 1. The lowest BCUT2D eigenvalue weighted by Crippen LogP contribution is -2.54. The molecule has 2 aliphatic heterocycles. The van der Waals surface area contributed by atoms with E-state index in [-0.39, 0.29) is 40.5 Å². The smallest absolute Gasteiger partial charge is 0.325 e. The summed E-state index contributed by atoms with van der Waals surface area (Å²) < 4.78 is 0. The van der Waals surface area contributed by atoms with E-state index in [2.05, 4.69) is 38.0 Å². The summed E-state index contributed by atoms with van der Waals surface area (Å²) in [6.45, 7) is 10.2. The highest BCUT2D eigenvalue weighted by atomic mass is 32.1. The van der Waals surface area contributed by atoms with Crippen LogP contribution < -0.4 is 5.32 Å². The Balaban J connectivity index is 1.36. The second kappa shape index (κ2) is 8.43. The van der Waals surface area contributed by atoms with Gasteiger partial charge in [-0.1, -0.05) is 39.8 Å². The zero-order chi connectivity index (χ0) is 25.0. The Morgan fingerprint density at radius 1 is 1.11 bits per heavy atom. The summed E-state index contributed by atoms with van der Waals surface area (Å²) in [7, 11) is 0. The summed E-state index contributed by atoms with van der Waals surface area (Å²) in [5.74, 6) is -0.0759. The summed E-state index contributed by atoms with van der Waals surface area (Å²) in [4.78, 5) is 49.1. The van der Waals surface area contributed by atoms with Crippen LogP contribution >= 0.6 is 11.3 Å². The van der Waals surface area contributed by atoms with Crippen LogP contribution in [0.1, 0.15) is 51.0 Å². The number of likely N-dealkylation sites (tertiary alicyclic amines) is 1.